The van der Waals surface area contributed by atoms with Crippen molar-refractivity contribution >= 4 is 27.7 Å². The van der Waals surface area contributed by atoms with Gasteiger partial charge in [0.2, 0.25) is 28.6 Å². The van der Waals surface area contributed by atoms with Crippen molar-refractivity contribution < 1.29 is 37.4 Å². The minimum Gasteiger partial charge on any atom is -0.454 e. The number of amides is 3. The Balaban J connectivity index is 1.53. The van der Waals surface area contributed by atoms with Gasteiger partial charge in [0.15, 0.2) is 11.5 Å². The number of aliphatic hydroxyl groups is 1. The van der Waals surface area contributed by atoms with Crippen LogP contribution >= 0.6 is 0 Å². The number of nitrogens with zero attached hydrogens (tertiary/aromatic N) is 2. The van der Waals surface area contributed by atoms with E-state index in [1.54, 1.807) is 20.8 Å². The number of benzene rings is 2. The van der Waals surface area contributed by atoms with Gasteiger partial charge in [0.05, 0.1) is 23.6 Å². The Morgan fingerprint density at radius 2 is 1.61 bits per heavy atom. The number of carbonyl (C=O) groups excluding carboxylic acids is 3. The van der Waals surface area contributed by atoms with Crippen molar-refractivity contribution in [3.63, 3.8) is 0 Å². The normalized spacial score (nSPS) is 14.6. The van der Waals surface area contributed by atoms with Crippen LogP contribution in [0.4, 0.5) is 0 Å². The number of pyridine rings is 1. The quantitative estimate of drug-likeness (QED) is 0.186. The first-order chi connectivity index (χ1) is 23.1. The molecule has 49 heavy (non-hydrogen) atoms. The average Bonchev–Trinajstić information content (AvgIpc) is 3.54. The van der Waals surface area contributed by atoms with Crippen molar-refractivity contribution in [1.82, 2.24) is 25.2 Å². The van der Waals surface area contributed by atoms with Crippen molar-refractivity contribution in [1.29, 1.82) is 0 Å². The number of aliphatic hydroxyl groups excluding tert-OH is 1. The zero-order chi connectivity index (χ0) is 35.8. The summed E-state index contributed by atoms with van der Waals surface area (Å²) in [4.78, 5) is 43.1. The fourth-order valence-corrected chi connectivity index (χ4v) is 6.91. The number of hydrogen-bond donors (Lipinski definition) is 4. The molecule has 0 unspecified atom stereocenters. The number of sulfonamides is 1. The molecule has 2 aromatic carbocycles. The van der Waals surface area contributed by atoms with E-state index in [-0.39, 0.29) is 43.7 Å². The molecule has 0 bridgehead atoms. The molecule has 0 radical (unpaired) electrons. The molecule has 0 fully saturated rings. The van der Waals surface area contributed by atoms with Crippen molar-refractivity contribution in [3.05, 3.63) is 84.2 Å². The summed E-state index contributed by atoms with van der Waals surface area (Å²) in [5, 5.41) is 19.8. The molecule has 1 aliphatic rings. The number of carbonyl (C=O) groups is 3. The summed E-state index contributed by atoms with van der Waals surface area (Å²) in [5.74, 6) is -0.963. The summed E-state index contributed by atoms with van der Waals surface area (Å²) in [5.41, 5.74) is 0.359. The molecular formula is C35H45N5O8S. The van der Waals surface area contributed by atoms with E-state index in [0.29, 0.717) is 17.1 Å². The minimum atomic E-state index is -4.11. The van der Waals surface area contributed by atoms with E-state index in [2.05, 4.69) is 20.9 Å². The van der Waals surface area contributed by atoms with Gasteiger partial charge in [-0.05, 0) is 47.6 Å². The molecule has 0 spiro atoms. The first kappa shape index (κ1) is 37.3. The second-order valence-corrected chi connectivity index (χ2v) is 15.3. The molecule has 1 aliphatic heterocycles. The summed E-state index contributed by atoms with van der Waals surface area (Å²) < 4.78 is 39.8. The Morgan fingerprint density at radius 1 is 0.939 bits per heavy atom. The van der Waals surface area contributed by atoms with Crippen molar-refractivity contribution in [2.24, 2.45) is 11.3 Å². The molecule has 4 rings (SSSR count). The van der Waals surface area contributed by atoms with Crippen molar-refractivity contribution in [3.8, 4) is 11.5 Å². The summed E-state index contributed by atoms with van der Waals surface area (Å²) >= 11 is 0. The van der Waals surface area contributed by atoms with Crippen LogP contribution in [0, 0.1) is 11.3 Å². The van der Waals surface area contributed by atoms with Crippen LogP contribution in [-0.2, 0) is 26.0 Å². The summed E-state index contributed by atoms with van der Waals surface area (Å²) in [6.45, 7) is 8.46. The summed E-state index contributed by atoms with van der Waals surface area (Å²) in [6, 6.07) is 14.6. The maximum atomic E-state index is 13.9. The third kappa shape index (κ3) is 10.2. The molecule has 0 saturated carbocycles. The maximum absolute atomic E-state index is 13.9. The topological polar surface area (TPSA) is 176 Å². The molecule has 264 valence electrons. The highest BCUT2D eigenvalue weighted by molar-refractivity contribution is 7.89. The third-order valence-electron chi connectivity index (χ3n) is 7.82. The first-order valence-corrected chi connectivity index (χ1v) is 17.5. The van der Waals surface area contributed by atoms with Crippen LogP contribution in [-0.4, -0.2) is 85.1 Å². The smallest absolute Gasteiger partial charge is 0.251 e. The van der Waals surface area contributed by atoms with Crippen LogP contribution in [0.3, 0.4) is 0 Å². The van der Waals surface area contributed by atoms with Crippen molar-refractivity contribution in [2.45, 2.75) is 64.1 Å². The lowest BCUT2D eigenvalue weighted by atomic mass is 9.85. The Hall–Kier alpha value is -4.53. The number of nitrogens with one attached hydrogen (secondary N) is 3. The van der Waals surface area contributed by atoms with Crippen LogP contribution in [0.25, 0.3) is 0 Å². The number of ether oxygens (including phenoxy) is 2. The van der Waals surface area contributed by atoms with Gasteiger partial charge in [0.1, 0.15) is 6.04 Å². The SMILES string of the molecule is CC(C)CN(C[C@@H](O)[C@H](Cc1ccccc1)NC(=O)[C@@H](NC(=O)CNC(=O)c1ccncc1)C(C)(C)C)S(=O)(=O)c1ccc2c(c1)OCO2. The average molecular weight is 696 g/mol. The monoisotopic (exact) mass is 695 g/mol. The Bertz CT molecular complexity index is 1700. The molecule has 13 nitrogen and oxygen atoms in total. The number of hydrogen-bond acceptors (Lipinski definition) is 9. The van der Waals surface area contributed by atoms with E-state index < -0.39 is 51.3 Å². The van der Waals surface area contributed by atoms with Gasteiger partial charge in [0.25, 0.3) is 5.91 Å². The van der Waals surface area contributed by atoms with Gasteiger partial charge < -0.3 is 30.5 Å². The molecule has 3 aromatic rings. The molecule has 3 amide bonds. The Kier molecular flexibility index (Phi) is 12.4. The predicted octanol–water partition coefficient (Wildman–Crippen LogP) is 2.51. The number of fused-ring (bicyclic) bond motifs is 1. The maximum Gasteiger partial charge on any atom is 0.251 e. The lowest BCUT2D eigenvalue weighted by Crippen LogP contribution is -2.59. The lowest BCUT2D eigenvalue weighted by molar-refractivity contribution is -0.132. The highest BCUT2D eigenvalue weighted by Crippen LogP contribution is 2.35. The molecule has 1 aromatic heterocycles. The highest BCUT2D eigenvalue weighted by Gasteiger charge is 2.37. The van der Waals surface area contributed by atoms with E-state index in [4.69, 9.17) is 9.47 Å². The first-order valence-electron chi connectivity index (χ1n) is 16.0. The predicted molar refractivity (Wildman–Crippen MR) is 182 cm³/mol. The van der Waals surface area contributed by atoms with E-state index in [0.717, 1.165) is 5.56 Å². The van der Waals surface area contributed by atoms with Crippen molar-refractivity contribution in [2.75, 3.05) is 26.4 Å². The molecule has 14 heteroatoms. The van der Waals surface area contributed by atoms with Gasteiger partial charge in [-0.1, -0.05) is 65.0 Å². The van der Waals surface area contributed by atoms with Crippen LogP contribution in [0.2, 0.25) is 0 Å². The second-order valence-electron chi connectivity index (χ2n) is 13.4. The standard InChI is InChI=1S/C35H45N5O8S/c1-23(2)20-40(49(45,46)26-11-12-29-30(18-26)48-22-47-29)21-28(41)27(17-24-9-7-6-8-10-24)38-34(44)32(35(3,4)5)39-31(42)19-37-33(43)25-13-15-36-16-14-25/h6-16,18,23,27-28,32,41H,17,19-22H2,1-5H3,(H,37,43)(H,38,44)(H,39,42)/t27-,28+,32+/m0/s1. The number of rotatable bonds is 15. The minimum absolute atomic E-state index is 0.00955. The zero-order valence-electron chi connectivity index (χ0n) is 28.4. The fourth-order valence-electron chi connectivity index (χ4n) is 5.27. The Labute approximate surface area is 287 Å². The van der Waals surface area contributed by atoms with E-state index in [9.17, 15) is 27.9 Å². The summed E-state index contributed by atoms with van der Waals surface area (Å²) in [7, 11) is -4.11. The van der Waals surface area contributed by atoms with Gasteiger partial charge in [0, 0.05) is 37.1 Å². The van der Waals surface area contributed by atoms with Gasteiger partial charge >= 0.3 is 0 Å². The van der Waals surface area contributed by atoms with Gasteiger partial charge in [-0.3, -0.25) is 19.4 Å². The van der Waals surface area contributed by atoms with Crippen LogP contribution in [0.1, 0.15) is 50.5 Å². The van der Waals surface area contributed by atoms with E-state index >= 15 is 0 Å². The second kappa shape index (κ2) is 16.2. The molecule has 2 heterocycles. The van der Waals surface area contributed by atoms with Gasteiger partial charge in [-0.2, -0.15) is 4.31 Å². The van der Waals surface area contributed by atoms with Crippen LogP contribution in [0.5, 0.6) is 11.5 Å². The van der Waals surface area contributed by atoms with E-state index in [1.165, 1.54) is 47.0 Å². The third-order valence-corrected chi connectivity index (χ3v) is 9.65. The zero-order valence-corrected chi connectivity index (χ0v) is 29.2. The Morgan fingerprint density at radius 3 is 2.27 bits per heavy atom. The van der Waals surface area contributed by atoms with Gasteiger partial charge in [-0.15, -0.1) is 0 Å². The van der Waals surface area contributed by atoms with E-state index in [1.807, 2.05) is 44.2 Å². The lowest BCUT2D eigenvalue weighted by Gasteiger charge is -2.34. The van der Waals surface area contributed by atoms with Crippen LogP contribution < -0.4 is 25.4 Å². The van der Waals surface area contributed by atoms with Crippen LogP contribution in [0.15, 0.2) is 78.0 Å². The summed E-state index contributed by atoms with van der Waals surface area (Å²) in [6.07, 6.45) is 1.76. The highest BCUT2D eigenvalue weighted by atomic mass is 32.2. The molecule has 0 saturated heterocycles. The fraction of sp³-hybridized carbons (Fsp3) is 0.429. The largest absolute Gasteiger partial charge is 0.454 e. The number of aromatic nitrogens is 1. The van der Waals surface area contributed by atoms with Gasteiger partial charge in [-0.25, -0.2) is 8.42 Å². The molecule has 3 atom stereocenters. The molecule has 0 aliphatic carbocycles. The molecule has 4 N–H and O–H groups in total. The molecular weight excluding hydrogens is 650 g/mol.